The number of Topliss-reactive ketones (excluding diaryl/α,β-unsaturated/α-hetero) is 1. The van der Waals surface area contributed by atoms with Crippen molar-refractivity contribution in [3.05, 3.63) is 29.8 Å². The minimum atomic E-state index is 0.205. The number of ether oxygens (including phenoxy) is 1. The minimum Gasteiger partial charge on any atom is -0.497 e. The summed E-state index contributed by atoms with van der Waals surface area (Å²) in [4.78, 5) is 12.7. The van der Waals surface area contributed by atoms with Crippen LogP contribution in [0.1, 0.15) is 37.0 Å². The molecular formula is C16H23O2S+. The van der Waals surface area contributed by atoms with E-state index < -0.39 is 0 Å². The number of hydrogen-bond acceptors (Lipinski definition) is 2. The van der Waals surface area contributed by atoms with Gasteiger partial charge in [-0.25, -0.2) is 0 Å². The van der Waals surface area contributed by atoms with Gasteiger partial charge in [0, 0.05) is 11.5 Å². The van der Waals surface area contributed by atoms with Gasteiger partial charge in [0.05, 0.1) is 7.11 Å². The van der Waals surface area contributed by atoms with E-state index in [2.05, 4.69) is 13.8 Å². The lowest BCUT2D eigenvalue weighted by atomic mass is 10.0. The Hall–Kier alpha value is -0.960. The van der Waals surface area contributed by atoms with E-state index in [0.29, 0.717) is 11.7 Å². The van der Waals surface area contributed by atoms with Gasteiger partial charge in [-0.05, 0) is 48.0 Å². The fourth-order valence-corrected chi connectivity index (χ4v) is 5.76. The maximum absolute atomic E-state index is 12.7. The lowest BCUT2D eigenvalue weighted by Gasteiger charge is -2.18. The van der Waals surface area contributed by atoms with Crippen LogP contribution in [0.15, 0.2) is 24.3 Å². The summed E-state index contributed by atoms with van der Waals surface area (Å²) in [7, 11) is 1.93. The zero-order chi connectivity index (χ0) is 13.8. The van der Waals surface area contributed by atoms with Crippen molar-refractivity contribution < 1.29 is 9.53 Å². The molecular weight excluding hydrogens is 256 g/mol. The van der Waals surface area contributed by atoms with Gasteiger partial charge in [-0.3, -0.25) is 4.79 Å². The monoisotopic (exact) mass is 279 g/mol. The van der Waals surface area contributed by atoms with Crippen molar-refractivity contribution in [1.82, 2.24) is 0 Å². The van der Waals surface area contributed by atoms with Crippen LogP contribution in [0.5, 0.6) is 5.75 Å². The van der Waals surface area contributed by atoms with Gasteiger partial charge in [-0.15, -0.1) is 0 Å². The van der Waals surface area contributed by atoms with Crippen molar-refractivity contribution in [3.63, 3.8) is 0 Å². The SMILES string of the molecule is COc1ccc(C(=O)C(C(C)C)[S+]2CCCC2)cc1. The molecule has 1 heterocycles. The van der Waals surface area contributed by atoms with Gasteiger partial charge in [0.15, 0.2) is 5.25 Å². The average Bonchev–Trinajstić information content (AvgIpc) is 2.92. The maximum atomic E-state index is 12.7. The molecule has 1 aromatic rings. The molecule has 0 radical (unpaired) electrons. The standard InChI is InChI=1S/C16H23O2S/c1-12(2)16(19-10-4-5-11-19)15(17)13-6-8-14(18-3)9-7-13/h6-9,12,16H,4-5,10-11H2,1-3H3/q+1. The summed E-state index contributed by atoms with van der Waals surface area (Å²) in [6, 6.07) is 7.55. The number of rotatable bonds is 5. The van der Waals surface area contributed by atoms with Gasteiger partial charge in [-0.2, -0.15) is 0 Å². The van der Waals surface area contributed by atoms with Crippen LogP contribution in [0.4, 0.5) is 0 Å². The van der Waals surface area contributed by atoms with Crippen LogP contribution in [-0.2, 0) is 10.9 Å². The largest absolute Gasteiger partial charge is 0.497 e. The van der Waals surface area contributed by atoms with Crippen molar-refractivity contribution in [2.45, 2.75) is 31.9 Å². The Morgan fingerprint density at radius 2 is 1.74 bits per heavy atom. The zero-order valence-corrected chi connectivity index (χ0v) is 12.8. The highest BCUT2D eigenvalue weighted by Crippen LogP contribution is 2.27. The maximum Gasteiger partial charge on any atom is 0.215 e. The quantitative estimate of drug-likeness (QED) is 0.610. The second-order valence-corrected chi connectivity index (χ2v) is 7.81. The summed E-state index contributed by atoms with van der Waals surface area (Å²) in [5, 5.41) is 0.205. The average molecular weight is 279 g/mol. The first-order chi connectivity index (χ1) is 9.13. The fraction of sp³-hybridized carbons (Fsp3) is 0.562. The van der Waals surface area contributed by atoms with E-state index in [9.17, 15) is 4.79 Å². The lowest BCUT2D eigenvalue weighted by Crippen LogP contribution is -2.36. The first-order valence-corrected chi connectivity index (χ1v) is 8.60. The van der Waals surface area contributed by atoms with Crippen LogP contribution < -0.4 is 4.74 Å². The van der Waals surface area contributed by atoms with Gasteiger partial charge < -0.3 is 4.74 Å². The van der Waals surface area contributed by atoms with E-state index in [1.807, 2.05) is 24.3 Å². The van der Waals surface area contributed by atoms with E-state index in [0.717, 1.165) is 11.3 Å². The van der Waals surface area contributed by atoms with Crippen molar-refractivity contribution in [3.8, 4) is 5.75 Å². The predicted molar refractivity (Wildman–Crippen MR) is 82.3 cm³/mol. The summed E-state index contributed by atoms with van der Waals surface area (Å²) in [6.45, 7) is 4.36. The molecule has 0 spiro atoms. The van der Waals surface area contributed by atoms with E-state index in [1.54, 1.807) is 7.11 Å². The molecule has 104 valence electrons. The summed E-state index contributed by atoms with van der Waals surface area (Å²) in [5.41, 5.74) is 0.832. The molecule has 0 aliphatic carbocycles. The molecule has 3 heteroatoms. The molecule has 0 saturated carbocycles. The first-order valence-electron chi connectivity index (χ1n) is 6.98. The number of carbonyl (C=O) groups is 1. The molecule has 2 rings (SSSR count). The van der Waals surface area contributed by atoms with Crippen LogP contribution in [0.25, 0.3) is 0 Å². The Morgan fingerprint density at radius 1 is 1.16 bits per heavy atom. The third kappa shape index (κ3) is 3.33. The Bertz CT molecular complexity index is 419. The lowest BCUT2D eigenvalue weighted by molar-refractivity contribution is 0.0974. The summed E-state index contributed by atoms with van der Waals surface area (Å²) < 4.78 is 5.15. The van der Waals surface area contributed by atoms with Crippen LogP contribution >= 0.6 is 0 Å². The highest BCUT2D eigenvalue weighted by atomic mass is 32.2. The third-order valence-electron chi connectivity index (χ3n) is 3.66. The van der Waals surface area contributed by atoms with Crippen LogP contribution in [0.2, 0.25) is 0 Å². The molecule has 0 aromatic heterocycles. The number of carbonyl (C=O) groups excluding carboxylic acids is 1. The van der Waals surface area contributed by atoms with Crippen molar-refractivity contribution in [1.29, 1.82) is 0 Å². The van der Waals surface area contributed by atoms with Crippen molar-refractivity contribution >= 4 is 16.7 Å². The van der Waals surface area contributed by atoms with E-state index in [-0.39, 0.29) is 16.1 Å². The van der Waals surface area contributed by atoms with Crippen molar-refractivity contribution in [2.75, 3.05) is 18.6 Å². The molecule has 2 nitrogen and oxygen atoms in total. The van der Waals surface area contributed by atoms with E-state index in [4.69, 9.17) is 4.74 Å². The molecule has 0 N–H and O–H groups in total. The van der Waals surface area contributed by atoms with Gasteiger partial charge in [-0.1, -0.05) is 13.8 Å². The Labute approximate surface area is 118 Å². The normalized spacial score (nSPS) is 17.7. The summed E-state index contributed by atoms with van der Waals surface area (Å²) >= 11 is 0. The third-order valence-corrected chi connectivity index (χ3v) is 6.76. The fourth-order valence-electron chi connectivity index (χ4n) is 2.69. The molecule has 1 atom stereocenters. The molecule has 1 fully saturated rings. The predicted octanol–water partition coefficient (Wildman–Crippen LogP) is 3.31. The van der Waals surface area contributed by atoms with Gasteiger partial charge in [0.25, 0.3) is 0 Å². The Kier molecular flexibility index (Phi) is 4.92. The van der Waals surface area contributed by atoms with Crippen LogP contribution in [0.3, 0.4) is 0 Å². The van der Waals surface area contributed by atoms with Gasteiger partial charge in [0.2, 0.25) is 5.78 Å². The Balaban J connectivity index is 2.18. The smallest absolute Gasteiger partial charge is 0.215 e. The number of ketones is 1. The second-order valence-electron chi connectivity index (χ2n) is 5.41. The van der Waals surface area contributed by atoms with Crippen molar-refractivity contribution in [2.24, 2.45) is 5.92 Å². The number of benzene rings is 1. The van der Waals surface area contributed by atoms with Gasteiger partial charge in [0.1, 0.15) is 17.3 Å². The van der Waals surface area contributed by atoms with Crippen LogP contribution in [0, 0.1) is 5.92 Å². The van der Waals surface area contributed by atoms with Gasteiger partial charge >= 0.3 is 0 Å². The topological polar surface area (TPSA) is 26.3 Å². The minimum absolute atomic E-state index is 0.205. The molecule has 0 amide bonds. The molecule has 1 aliphatic heterocycles. The van der Waals surface area contributed by atoms with Crippen LogP contribution in [-0.4, -0.2) is 29.6 Å². The molecule has 1 unspecified atom stereocenters. The summed E-state index contributed by atoms with van der Waals surface area (Å²) in [6.07, 6.45) is 2.59. The molecule has 1 saturated heterocycles. The first kappa shape index (κ1) is 14.4. The Morgan fingerprint density at radius 3 is 2.21 bits per heavy atom. The zero-order valence-electron chi connectivity index (χ0n) is 12.0. The number of methoxy groups -OCH3 is 1. The molecule has 0 bridgehead atoms. The van der Waals surface area contributed by atoms with E-state index in [1.165, 1.54) is 24.3 Å². The second kappa shape index (κ2) is 6.47. The highest BCUT2D eigenvalue weighted by Gasteiger charge is 2.41. The highest BCUT2D eigenvalue weighted by molar-refractivity contribution is 7.98. The van der Waals surface area contributed by atoms with E-state index >= 15 is 0 Å². The molecule has 1 aromatic carbocycles. The molecule has 1 aliphatic rings. The number of hydrogen-bond donors (Lipinski definition) is 0. The summed E-state index contributed by atoms with van der Waals surface area (Å²) in [5.74, 6) is 4.04. The molecule has 19 heavy (non-hydrogen) atoms.